The van der Waals surface area contributed by atoms with Gasteiger partial charge in [0.2, 0.25) is 0 Å². The highest BCUT2D eigenvalue weighted by Gasteiger charge is 2.22. The molecule has 0 saturated carbocycles. The Kier molecular flexibility index (Phi) is 7.57. The number of rotatable bonds is 6. The van der Waals surface area contributed by atoms with Crippen LogP contribution in [0.15, 0.2) is 229 Å². The van der Waals surface area contributed by atoms with Crippen molar-refractivity contribution in [2.24, 2.45) is 0 Å². The van der Waals surface area contributed by atoms with E-state index in [9.17, 15) is 0 Å². The van der Waals surface area contributed by atoms with Crippen LogP contribution in [0.5, 0.6) is 0 Å². The van der Waals surface area contributed by atoms with Crippen molar-refractivity contribution in [1.82, 2.24) is 9.13 Å². The molecule has 0 aliphatic heterocycles. The van der Waals surface area contributed by atoms with Crippen LogP contribution in [-0.2, 0) is 0 Å². The molecule has 13 aromatic rings. The van der Waals surface area contributed by atoms with E-state index in [1.54, 1.807) is 0 Å². The molecule has 0 N–H and O–H groups in total. The van der Waals surface area contributed by atoms with E-state index >= 15 is 0 Å². The quantitative estimate of drug-likeness (QED) is 0.168. The largest absolute Gasteiger partial charge is 0.455 e. The van der Waals surface area contributed by atoms with Gasteiger partial charge in [-0.25, -0.2) is 0 Å². The molecule has 0 bridgehead atoms. The molecule has 13 rings (SSSR count). The van der Waals surface area contributed by atoms with Crippen molar-refractivity contribution in [3.63, 3.8) is 0 Å². The van der Waals surface area contributed by atoms with Crippen LogP contribution in [0.1, 0.15) is 0 Å². The summed E-state index contributed by atoms with van der Waals surface area (Å²) in [5.41, 5.74) is 14.1. The second-order valence-corrected chi connectivity index (χ2v) is 16.1. The van der Waals surface area contributed by atoms with Crippen molar-refractivity contribution in [2.75, 3.05) is 4.90 Å². The molecular formula is C58H37N3O. The monoisotopic (exact) mass is 791 g/mol. The minimum atomic E-state index is 0.884. The van der Waals surface area contributed by atoms with Gasteiger partial charge >= 0.3 is 0 Å². The van der Waals surface area contributed by atoms with Crippen molar-refractivity contribution in [2.45, 2.75) is 0 Å². The smallest absolute Gasteiger partial charge is 0.143 e. The van der Waals surface area contributed by atoms with Gasteiger partial charge in [0.1, 0.15) is 11.2 Å². The molecule has 290 valence electrons. The number of aromatic nitrogens is 2. The van der Waals surface area contributed by atoms with Crippen LogP contribution in [-0.4, -0.2) is 9.13 Å². The Labute approximate surface area is 357 Å². The molecule has 3 aromatic heterocycles. The first-order valence-electron chi connectivity index (χ1n) is 21.2. The average molecular weight is 792 g/mol. The zero-order valence-electron chi connectivity index (χ0n) is 33.6. The summed E-state index contributed by atoms with van der Waals surface area (Å²) < 4.78 is 11.7. The van der Waals surface area contributed by atoms with E-state index in [2.05, 4.69) is 238 Å². The molecule has 0 fully saturated rings. The third-order valence-electron chi connectivity index (χ3n) is 12.7. The highest BCUT2D eigenvalue weighted by molar-refractivity contribution is 6.18. The lowest BCUT2D eigenvalue weighted by molar-refractivity contribution is 0.674. The molecule has 62 heavy (non-hydrogen) atoms. The molecule has 0 spiro atoms. The van der Waals surface area contributed by atoms with E-state index in [1.165, 1.54) is 49.0 Å². The van der Waals surface area contributed by atoms with Crippen molar-refractivity contribution < 1.29 is 4.42 Å². The normalized spacial score (nSPS) is 11.9. The summed E-state index contributed by atoms with van der Waals surface area (Å²) in [5.74, 6) is 0. The zero-order valence-corrected chi connectivity index (χ0v) is 33.6. The second-order valence-electron chi connectivity index (χ2n) is 16.1. The molecule has 0 atom stereocenters. The van der Waals surface area contributed by atoms with Gasteiger partial charge in [0.25, 0.3) is 0 Å². The van der Waals surface area contributed by atoms with Gasteiger partial charge in [0, 0.05) is 71.6 Å². The second kappa shape index (κ2) is 13.6. The Hall–Kier alpha value is -8.34. The summed E-state index contributed by atoms with van der Waals surface area (Å²) >= 11 is 0. The summed E-state index contributed by atoms with van der Waals surface area (Å²) in [6.45, 7) is 0. The first-order valence-corrected chi connectivity index (χ1v) is 21.2. The van der Waals surface area contributed by atoms with Gasteiger partial charge in [-0.3, -0.25) is 0 Å². The molecule has 4 nitrogen and oxygen atoms in total. The summed E-state index contributed by atoms with van der Waals surface area (Å²) in [7, 11) is 0. The minimum absolute atomic E-state index is 0.884. The van der Waals surface area contributed by atoms with Crippen LogP contribution >= 0.6 is 0 Å². The van der Waals surface area contributed by atoms with Gasteiger partial charge < -0.3 is 18.5 Å². The number of hydrogen-bond donors (Lipinski definition) is 0. The van der Waals surface area contributed by atoms with Crippen LogP contribution in [0.4, 0.5) is 17.1 Å². The highest BCUT2D eigenvalue weighted by atomic mass is 16.3. The molecule has 0 aliphatic rings. The Balaban J connectivity index is 1.01. The van der Waals surface area contributed by atoms with E-state index < -0.39 is 0 Å². The van der Waals surface area contributed by atoms with Gasteiger partial charge in [0.05, 0.1) is 27.8 Å². The summed E-state index contributed by atoms with van der Waals surface area (Å²) in [4.78, 5) is 2.39. The molecule has 3 heterocycles. The fourth-order valence-electron chi connectivity index (χ4n) is 9.96. The summed E-state index contributed by atoms with van der Waals surface area (Å²) in [6.07, 6.45) is 0. The molecule has 0 amide bonds. The molecule has 0 radical (unpaired) electrons. The maximum Gasteiger partial charge on any atom is 0.143 e. The topological polar surface area (TPSA) is 26.2 Å². The van der Waals surface area contributed by atoms with Gasteiger partial charge in [-0.05, 0) is 90.3 Å². The number of anilines is 3. The van der Waals surface area contributed by atoms with E-state index in [-0.39, 0.29) is 0 Å². The molecule has 0 unspecified atom stereocenters. The van der Waals surface area contributed by atoms with Crippen LogP contribution in [0, 0.1) is 0 Å². The molecule has 0 saturated heterocycles. The third-order valence-corrected chi connectivity index (χ3v) is 12.7. The van der Waals surface area contributed by atoms with E-state index in [0.29, 0.717) is 0 Å². The number of para-hydroxylation sites is 6. The lowest BCUT2D eigenvalue weighted by Gasteiger charge is -2.28. The van der Waals surface area contributed by atoms with E-state index in [1.807, 2.05) is 0 Å². The van der Waals surface area contributed by atoms with Crippen molar-refractivity contribution in [1.29, 1.82) is 0 Å². The molecule has 0 aliphatic carbocycles. The van der Waals surface area contributed by atoms with Crippen LogP contribution in [0.2, 0.25) is 0 Å². The lowest BCUT2D eigenvalue weighted by Crippen LogP contribution is -2.11. The van der Waals surface area contributed by atoms with Crippen LogP contribution in [0.25, 0.3) is 98.8 Å². The Bertz CT molecular complexity index is 3600. The van der Waals surface area contributed by atoms with E-state index in [0.717, 1.165) is 66.9 Å². The predicted molar refractivity (Wildman–Crippen MR) is 260 cm³/mol. The van der Waals surface area contributed by atoms with Crippen LogP contribution < -0.4 is 4.90 Å². The predicted octanol–water partition coefficient (Wildman–Crippen LogP) is 16.1. The van der Waals surface area contributed by atoms with Crippen molar-refractivity contribution in [3.8, 4) is 22.5 Å². The summed E-state index contributed by atoms with van der Waals surface area (Å²) in [6, 6.07) is 80.9. The third kappa shape index (κ3) is 5.14. The standard InChI is InChI=1S/C58H37N3O/c1-2-15-43-38(14-1)28-37-51-50-22-13-21-49(58(50)62-57(43)51)48-20-7-8-23-52(48)59(39-29-33-41(34-30-39)60-53-24-9-3-16-44(53)45-17-4-10-25-54(45)60)40-31-35-42(36-32-40)61-55-26-11-5-18-46(55)47-19-6-12-27-56(47)61/h1-37H. The SMILES string of the molecule is c1ccc(N(c2ccc(-n3c4ccccc4c4ccccc43)cc2)c2ccc(-n3c4ccccc4c4ccccc43)cc2)c(-c2cccc3c2oc2c4ccccc4ccc32)c1. The number of fused-ring (bicyclic) bond motifs is 11. The fourth-order valence-corrected chi connectivity index (χ4v) is 9.96. The number of furan rings is 1. The van der Waals surface area contributed by atoms with Crippen molar-refractivity contribution >= 4 is 93.4 Å². The fraction of sp³-hybridized carbons (Fsp3) is 0. The Morgan fingerprint density at radius 1 is 0.290 bits per heavy atom. The van der Waals surface area contributed by atoms with E-state index in [4.69, 9.17) is 4.42 Å². The van der Waals surface area contributed by atoms with Gasteiger partial charge in [-0.1, -0.05) is 140 Å². The van der Waals surface area contributed by atoms with Gasteiger partial charge in [-0.2, -0.15) is 0 Å². The maximum absolute atomic E-state index is 6.93. The molecule has 10 aromatic carbocycles. The van der Waals surface area contributed by atoms with Crippen LogP contribution in [0.3, 0.4) is 0 Å². The first-order chi connectivity index (χ1) is 30.8. The Morgan fingerprint density at radius 3 is 1.26 bits per heavy atom. The van der Waals surface area contributed by atoms with Gasteiger partial charge in [-0.15, -0.1) is 0 Å². The van der Waals surface area contributed by atoms with Crippen molar-refractivity contribution in [3.05, 3.63) is 224 Å². The Morgan fingerprint density at radius 2 is 0.710 bits per heavy atom. The van der Waals surface area contributed by atoms with Gasteiger partial charge in [0.15, 0.2) is 0 Å². The number of benzene rings is 10. The lowest BCUT2D eigenvalue weighted by atomic mass is 9.99. The average Bonchev–Trinajstić information content (AvgIpc) is 4.01. The summed E-state index contributed by atoms with van der Waals surface area (Å²) in [5, 5.41) is 9.51. The number of nitrogens with zero attached hydrogens (tertiary/aromatic N) is 3. The highest BCUT2D eigenvalue weighted by Crippen LogP contribution is 2.46. The minimum Gasteiger partial charge on any atom is -0.455 e. The molecular weight excluding hydrogens is 755 g/mol. The first kappa shape index (κ1) is 34.5. The zero-order chi connectivity index (χ0) is 40.7. The molecule has 4 heteroatoms. The number of hydrogen-bond acceptors (Lipinski definition) is 2. The maximum atomic E-state index is 6.93.